The van der Waals surface area contributed by atoms with Gasteiger partial charge in [0.2, 0.25) is 5.91 Å². The Morgan fingerprint density at radius 1 is 0.462 bits per heavy atom. The zero-order valence-corrected chi connectivity index (χ0v) is 52.5. The number of ether oxygens (including phenoxy) is 1. The molecular weight excluding hydrogens is 988 g/mol. The van der Waals surface area contributed by atoms with Gasteiger partial charge in [0.1, 0.15) is 19.3 Å². The van der Waals surface area contributed by atoms with Gasteiger partial charge >= 0.3 is 5.97 Å². The van der Waals surface area contributed by atoms with Crippen molar-refractivity contribution in [3.8, 4) is 0 Å². The molecule has 0 aromatic rings. The summed E-state index contributed by atoms with van der Waals surface area (Å²) < 4.78 is 30.3. The number of rotatable bonds is 58. The van der Waals surface area contributed by atoms with Crippen molar-refractivity contribution in [1.82, 2.24) is 5.32 Å². The third-order valence-corrected chi connectivity index (χ3v) is 15.0. The minimum atomic E-state index is -4.71. The van der Waals surface area contributed by atoms with Crippen LogP contribution in [0.4, 0.5) is 0 Å². The van der Waals surface area contributed by atoms with Gasteiger partial charge in [-0.05, 0) is 102 Å². The number of amides is 1. The molecule has 0 aromatic heterocycles. The van der Waals surface area contributed by atoms with E-state index < -0.39 is 26.6 Å². The van der Waals surface area contributed by atoms with Gasteiger partial charge in [0.15, 0.2) is 0 Å². The Hall–Kier alpha value is -2.81. The molecule has 0 saturated heterocycles. The lowest BCUT2D eigenvalue weighted by molar-refractivity contribution is -0.870. The quantitative estimate of drug-likeness (QED) is 0.0212. The van der Waals surface area contributed by atoms with Crippen LogP contribution in [0.15, 0.2) is 85.1 Å². The first-order valence-electron chi connectivity index (χ1n) is 32.4. The first-order valence-corrected chi connectivity index (χ1v) is 33.9. The van der Waals surface area contributed by atoms with Crippen LogP contribution >= 0.6 is 7.82 Å². The van der Waals surface area contributed by atoms with Gasteiger partial charge in [-0.15, -0.1) is 0 Å². The van der Waals surface area contributed by atoms with Crippen LogP contribution in [0, 0.1) is 0 Å². The average molecular weight is 1110 g/mol. The van der Waals surface area contributed by atoms with Gasteiger partial charge in [0.05, 0.1) is 33.8 Å². The van der Waals surface area contributed by atoms with E-state index in [-0.39, 0.29) is 24.9 Å². The summed E-state index contributed by atoms with van der Waals surface area (Å²) in [5.74, 6) is -0.557. The van der Waals surface area contributed by atoms with E-state index in [9.17, 15) is 19.0 Å². The largest absolute Gasteiger partial charge is 0.756 e. The van der Waals surface area contributed by atoms with E-state index in [2.05, 4.69) is 99.0 Å². The van der Waals surface area contributed by atoms with Crippen molar-refractivity contribution in [2.45, 2.75) is 296 Å². The van der Waals surface area contributed by atoms with Gasteiger partial charge in [-0.25, -0.2) is 0 Å². The second kappa shape index (κ2) is 57.4. The summed E-state index contributed by atoms with van der Waals surface area (Å²) in [6, 6.07) is -0.899. The van der Waals surface area contributed by atoms with Crippen LogP contribution in [0.25, 0.3) is 0 Å². The molecule has 0 aliphatic rings. The number of carbonyl (C=O) groups excluding carboxylic acids is 2. The summed E-state index contributed by atoms with van der Waals surface area (Å²) in [6.07, 6.45) is 75.6. The normalized spacial score (nSPS) is 14.2. The number of unbranched alkanes of at least 4 members (excludes halogenated alkanes) is 30. The summed E-state index contributed by atoms with van der Waals surface area (Å²) in [4.78, 5) is 40.0. The summed E-state index contributed by atoms with van der Waals surface area (Å²) in [6.45, 7) is 6.70. The van der Waals surface area contributed by atoms with E-state index in [4.69, 9.17) is 13.8 Å². The van der Waals surface area contributed by atoms with Crippen LogP contribution in [0.5, 0.6) is 0 Å². The summed E-state index contributed by atoms with van der Waals surface area (Å²) in [5.41, 5.74) is 0. The molecule has 78 heavy (non-hydrogen) atoms. The minimum Gasteiger partial charge on any atom is -0.756 e. The van der Waals surface area contributed by atoms with Crippen molar-refractivity contribution in [2.75, 3.05) is 40.9 Å². The minimum absolute atomic E-state index is 0.0282. The number of phosphoric acid groups is 1. The summed E-state index contributed by atoms with van der Waals surface area (Å²) in [5, 5.41) is 3.02. The fraction of sp³-hybridized carbons (Fsp3) is 0.765. The van der Waals surface area contributed by atoms with Crippen LogP contribution < -0.4 is 10.2 Å². The number of nitrogens with one attached hydrogen (secondary N) is 1. The van der Waals surface area contributed by atoms with Crippen LogP contribution in [0.3, 0.4) is 0 Å². The van der Waals surface area contributed by atoms with Gasteiger partial charge in [0.25, 0.3) is 7.82 Å². The highest BCUT2D eigenvalue weighted by atomic mass is 31.2. The lowest BCUT2D eigenvalue weighted by Gasteiger charge is -2.30. The predicted octanol–water partition coefficient (Wildman–Crippen LogP) is 19.5. The maximum Gasteiger partial charge on any atom is 0.306 e. The molecule has 0 spiro atoms. The van der Waals surface area contributed by atoms with E-state index in [1.54, 1.807) is 0 Å². The van der Waals surface area contributed by atoms with Crippen LogP contribution in [-0.4, -0.2) is 69.4 Å². The molecule has 0 bridgehead atoms. The zero-order valence-electron chi connectivity index (χ0n) is 51.6. The SMILES string of the molecule is CC/C=C/C/C=C/C/C=C/CCCCCCCCC(=O)NC(COP(=O)([O-])OCC[N+](C)(C)C)C(/C=C\CCCCCCCCCCC)OC(=O)CCCCCCCCCCCCCC/C=C\C/C=C\C/C=C\CCCCC. The second-order valence-corrected chi connectivity index (χ2v) is 24.3. The number of phosphoric ester groups is 1. The lowest BCUT2D eigenvalue weighted by atomic mass is 10.0. The van der Waals surface area contributed by atoms with Crippen LogP contribution in [0.1, 0.15) is 284 Å². The number of hydrogen-bond donors (Lipinski definition) is 1. The van der Waals surface area contributed by atoms with Gasteiger partial charge in [-0.2, -0.15) is 0 Å². The Kier molecular flexibility index (Phi) is 55.4. The van der Waals surface area contributed by atoms with E-state index in [1.807, 2.05) is 33.3 Å². The predicted molar refractivity (Wildman–Crippen MR) is 335 cm³/mol. The van der Waals surface area contributed by atoms with Crippen LogP contribution in [-0.2, 0) is 27.9 Å². The number of nitrogens with zero attached hydrogens (tertiary/aromatic N) is 1. The van der Waals surface area contributed by atoms with Crippen molar-refractivity contribution >= 4 is 19.7 Å². The molecule has 10 heteroatoms. The molecule has 0 aliphatic heterocycles. The van der Waals surface area contributed by atoms with Crippen molar-refractivity contribution in [2.24, 2.45) is 0 Å². The molecule has 0 aliphatic carbocycles. The maximum atomic E-state index is 13.5. The Morgan fingerprint density at radius 2 is 0.821 bits per heavy atom. The molecular formula is C68H123N2O7P. The molecule has 1 N–H and O–H groups in total. The second-order valence-electron chi connectivity index (χ2n) is 22.9. The number of likely N-dealkylation sites (N-methyl/N-ethyl adjacent to an activating group) is 1. The fourth-order valence-corrected chi connectivity index (χ4v) is 9.80. The Labute approximate surface area is 482 Å². The number of esters is 1. The Morgan fingerprint density at radius 3 is 1.26 bits per heavy atom. The number of quaternary nitrogens is 1. The summed E-state index contributed by atoms with van der Waals surface area (Å²) in [7, 11) is 1.17. The third-order valence-electron chi connectivity index (χ3n) is 14.1. The van der Waals surface area contributed by atoms with E-state index in [1.165, 1.54) is 135 Å². The maximum absolute atomic E-state index is 13.5. The van der Waals surface area contributed by atoms with Crippen LogP contribution in [0.2, 0.25) is 0 Å². The highest BCUT2D eigenvalue weighted by Crippen LogP contribution is 2.38. The van der Waals surface area contributed by atoms with Crippen molar-refractivity contribution in [3.63, 3.8) is 0 Å². The molecule has 9 nitrogen and oxygen atoms in total. The van der Waals surface area contributed by atoms with Gasteiger partial charge in [0, 0.05) is 12.8 Å². The highest BCUT2D eigenvalue weighted by Gasteiger charge is 2.27. The molecule has 1 amide bonds. The first-order chi connectivity index (χ1) is 37.9. The van der Waals surface area contributed by atoms with Gasteiger partial charge < -0.3 is 28.5 Å². The van der Waals surface area contributed by atoms with E-state index in [0.29, 0.717) is 17.4 Å². The monoisotopic (exact) mass is 1110 g/mol. The molecule has 0 rings (SSSR count). The fourth-order valence-electron chi connectivity index (χ4n) is 9.07. The first kappa shape index (κ1) is 75.2. The third kappa shape index (κ3) is 57.9. The smallest absolute Gasteiger partial charge is 0.306 e. The molecule has 3 atom stereocenters. The van der Waals surface area contributed by atoms with Crippen molar-refractivity contribution in [1.29, 1.82) is 0 Å². The zero-order chi connectivity index (χ0) is 57.2. The molecule has 452 valence electrons. The topological polar surface area (TPSA) is 114 Å². The summed E-state index contributed by atoms with van der Waals surface area (Å²) >= 11 is 0. The van der Waals surface area contributed by atoms with Gasteiger partial charge in [-0.3, -0.25) is 14.2 Å². The number of carbonyl (C=O) groups is 2. The molecule has 0 fully saturated rings. The molecule has 3 unspecified atom stereocenters. The molecule has 0 saturated carbocycles. The van der Waals surface area contributed by atoms with E-state index in [0.717, 1.165) is 116 Å². The highest BCUT2D eigenvalue weighted by molar-refractivity contribution is 7.45. The number of hydrogen-bond acceptors (Lipinski definition) is 7. The van der Waals surface area contributed by atoms with Crippen molar-refractivity contribution < 1.29 is 37.3 Å². The van der Waals surface area contributed by atoms with Crippen molar-refractivity contribution in [3.05, 3.63) is 85.1 Å². The number of allylic oxidation sites excluding steroid dienone is 13. The molecule has 0 heterocycles. The Balaban J connectivity index is 5.10. The lowest BCUT2D eigenvalue weighted by Crippen LogP contribution is -2.47. The van der Waals surface area contributed by atoms with E-state index >= 15 is 0 Å². The Bertz CT molecular complexity index is 1610. The van der Waals surface area contributed by atoms with Gasteiger partial charge in [-0.1, -0.05) is 254 Å². The molecule has 0 aromatic carbocycles. The average Bonchev–Trinajstić information content (AvgIpc) is 3.40. The standard InChI is InChI=1S/C68H123N2O7P/c1-7-10-13-16-19-22-25-27-29-31-32-33-34-35-36-37-38-39-41-43-46-49-52-55-58-61-68(72)77-66(59-56-53-50-47-44-24-21-18-15-12-9-3)65(64-76-78(73,74)75-63-62-70(4,5)6)69-67(71)60-57-54-51-48-45-42-40-30-28-26-23-20-17-14-11-8-2/h11,14,19-20,22-23,27-30,32-33,56,59,65-66H,7-10,12-13,15-18,21,24-26,31,34-55,57-58,60-64H2,1-6H3,(H-,69,71,73,74)/b14-11+,22-19-,23-20+,29-27-,30-28+,33-32-,59-56-. The molecule has 0 radical (unpaired) electrons.